The van der Waals surface area contributed by atoms with Crippen molar-refractivity contribution in [2.45, 2.75) is 0 Å². The van der Waals surface area contributed by atoms with Gasteiger partial charge >= 0.3 is 6.09 Å². The Bertz CT molecular complexity index is 642. The van der Waals surface area contributed by atoms with Crippen molar-refractivity contribution >= 4 is 23.9 Å². The molecule has 21 heavy (non-hydrogen) atoms. The Hall–Kier alpha value is -2.53. The number of methoxy groups -OCH3 is 1. The topological polar surface area (TPSA) is 59.9 Å². The van der Waals surface area contributed by atoms with Crippen LogP contribution in [0.3, 0.4) is 0 Å². The molecule has 0 aromatic heterocycles. The molecule has 2 aromatic rings. The Morgan fingerprint density at radius 3 is 2.67 bits per heavy atom. The zero-order valence-electron chi connectivity index (χ0n) is 11.2. The number of amides is 1. The first-order valence-corrected chi connectivity index (χ1v) is 6.45. The molecule has 2 aromatic carbocycles. The van der Waals surface area contributed by atoms with Crippen molar-refractivity contribution in [3.8, 4) is 11.5 Å². The highest BCUT2D eigenvalue weighted by atomic mass is 35.5. The minimum atomic E-state index is -0.625. The van der Waals surface area contributed by atoms with Gasteiger partial charge in [0.1, 0.15) is 11.5 Å². The van der Waals surface area contributed by atoms with Gasteiger partial charge in [-0.05, 0) is 42.0 Å². The molecule has 0 spiro atoms. The predicted octanol–water partition coefficient (Wildman–Crippen LogP) is 3.82. The molecular formula is C15H13ClN2O3. The molecule has 1 N–H and O–H groups in total. The van der Waals surface area contributed by atoms with Gasteiger partial charge in [0, 0.05) is 5.02 Å². The number of hydrazone groups is 1. The normalized spacial score (nSPS) is 10.4. The van der Waals surface area contributed by atoms with E-state index in [1.54, 1.807) is 30.3 Å². The van der Waals surface area contributed by atoms with Crippen molar-refractivity contribution in [2.24, 2.45) is 5.10 Å². The van der Waals surface area contributed by atoms with Gasteiger partial charge in [0.15, 0.2) is 0 Å². The number of nitrogens with one attached hydrogen (secondary N) is 1. The van der Waals surface area contributed by atoms with Crippen LogP contribution >= 0.6 is 11.6 Å². The maximum atomic E-state index is 10.9. The highest BCUT2D eigenvalue weighted by Crippen LogP contribution is 2.23. The lowest BCUT2D eigenvalue weighted by Crippen LogP contribution is -2.16. The van der Waals surface area contributed by atoms with Crippen LogP contribution in [0, 0.1) is 0 Å². The maximum absolute atomic E-state index is 10.9. The summed E-state index contributed by atoms with van der Waals surface area (Å²) in [5.41, 5.74) is 2.98. The van der Waals surface area contributed by atoms with Crippen LogP contribution in [0.4, 0.5) is 4.79 Å². The van der Waals surface area contributed by atoms with E-state index in [2.05, 4.69) is 15.3 Å². The highest BCUT2D eigenvalue weighted by molar-refractivity contribution is 6.30. The Balaban J connectivity index is 2.03. The molecule has 0 radical (unpaired) electrons. The summed E-state index contributed by atoms with van der Waals surface area (Å²) in [6, 6.07) is 14.3. The van der Waals surface area contributed by atoms with E-state index in [0.717, 1.165) is 5.56 Å². The molecule has 0 saturated heterocycles. The molecule has 5 nitrogen and oxygen atoms in total. The van der Waals surface area contributed by atoms with E-state index in [-0.39, 0.29) is 0 Å². The third-order valence-electron chi connectivity index (χ3n) is 2.46. The Morgan fingerprint density at radius 1 is 1.19 bits per heavy atom. The molecular weight excluding hydrogens is 292 g/mol. The van der Waals surface area contributed by atoms with Crippen LogP contribution in [0.5, 0.6) is 11.5 Å². The molecule has 0 fully saturated rings. The SMILES string of the molecule is COC(=O)N/N=C\c1cccc(Oc2ccc(Cl)cc2)c1. The van der Waals surface area contributed by atoms with Gasteiger partial charge < -0.3 is 9.47 Å². The molecule has 108 valence electrons. The average molecular weight is 305 g/mol. The van der Waals surface area contributed by atoms with Crippen LogP contribution in [0.15, 0.2) is 53.6 Å². The fourth-order valence-electron chi connectivity index (χ4n) is 1.50. The van der Waals surface area contributed by atoms with E-state index in [1.165, 1.54) is 13.3 Å². The van der Waals surface area contributed by atoms with Gasteiger partial charge in [0.05, 0.1) is 13.3 Å². The van der Waals surface area contributed by atoms with Gasteiger partial charge in [-0.3, -0.25) is 0 Å². The number of rotatable bonds is 4. The lowest BCUT2D eigenvalue weighted by atomic mass is 10.2. The third kappa shape index (κ3) is 4.81. The van der Waals surface area contributed by atoms with E-state index >= 15 is 0 Å². The van der Waals surface area contributed by atoms with Crippen LogP contribution in [0.25, 0.3) is 0 Å². The van der Waals surface area contributed by atoms with E-state index in [1.807, 2.05) is 18.2 Å². The van der Waals surface area contributed by atoms with Gasteiger partial charge in [-0.25, -0.2) is 10.2 Å². The molecule has 0 atom stereocenters. The number of halogens is 1. The van der Waals surface area contributed by atoms with E-state index in [9.17, 15) is 4.79 Å². The summed E-state index contributed by atoms with van der Waals surface area (Å²) >= 11 is 5.82. The first-order chi connectivity index (χ1) is 10.2. The van der Waals surface area contributed by atoms with Gasteiger partial charge in [-0.2, -0.15) is 5.10 Å². The van der Waals surface area contributed by atoms with E-state index in [0.29, 0.717) is 16.5 Å². The van der Waals surface area contributed by atoms with Crippen LogP contribution in [0.2, 0.25) is 5.02 Å². The van der Waals surface area contributed by atoms with Gasteiger partial charge in [-0.15, -0.1) is 0 Å². The van der Waals surface area contributed by atoms with Crippen molar-refractivity contribution in [3.63, 3.8) is 0 Å². The first kappa shape index (κ1) is 14.9. The minimum absolute atomic E-state index is 0.625. The fraction of sp³-hybridized carbons (Fsp3) is 0.0667. The highest BCUT2D eigenvalue weighted by Gasteiger charge is 1.99. The largest absolute Gasteiger partial charge is 0.457 e. The quantitative estimate of drug-likeness (QED) is 0.690. The molecule has 1 amide bonds. The monoisotopic (exact) mass is 304 g/mol. The standard InChI is InChI=1S/C15H13ClN2O3/c1-20-15(19)18-17-10-11-3-2-4-14(9-11)21-13-7-5-12(16)6-8-13/h2-10H,1H3,(H,18,19)/b17-10-. The van der Waals surface area contributed by atoms with Crippen molar-refractivity contribution in [3.05, 3.63) is 59.1 Å². The van der Waals surface area contributed by atoms with Gasteiger partial charge in [-0.1, -0.05) is 23.7 Å². The summed E-state index contributed by atoms with van der Waals surface area (Å²) in [6.07, 6.45) is 0.867. The third-order valence-corrected chi connectivity index (χ3v) is 2.71. The number of ether oxygens (including phenoxy) is 2. The zero-order chi connectivity index (χ0) is 15.1. The second-order valence-electron chi connectivity index (χ2n) is 3.99. The summed E-state index contributed by atoms with van der Waals surface area (Å²) in [5, 5.41) is 4.40. The van der Waals surface area contributed by atoms with Crippen molar-refractivity contribution in [1.82, 2.24) is 5.43 Å². The number of hydrogen-bond acceptors (Lipinski definition) is 4. The molecule has 0 aliphatic heterocycles. The molecule has 0 heterocycles. The molecule has 2 rings (SSSR count). The Kier molecular flexibility index (Phi) is 5.17. The summed E-state index contributed by atoms with van der Waals surface area (Å²) < 4.78 is 10.1. The summed E-state index contributed by atoms with van der Waals surface area (Å²) in [6.45, 7) is 0. The molecule has 0 unspecified atom stereocenters. The van der Waals surface area contributed by atoms with E-state index < -0.39 is 6.09 Å². The van der Waals surface area contributed by atoms with Crippen molar-refractivity contribution in [2.75, 3.05) is 7.11 Å². The number of hydrogen-bond donors (Lipinski definition) is 1. The van der Waals surface area contributed by atoms with Crippen LogP contribution < -0.4 is 10.2 Å². The van der Waals surface area contributed by atoms with Gasteiger partial charge in [0.25, 0.3) is 0 Å². The van der Waals surface area contributed by atoms with Gasteiger partial charge in [0.2, 0.25) is 0 Å². The molecule has 6 heteroatoms. The number of benzene rings is 2. The number of carbonyl (C=O) groups is 1. The van der Waals surface area contributed by atoms with Crippen LogP contribution in [-0.2, 0) is 4.74 Å². The summed E-state index contributed by atoms with van der Waals surface area (Å²) in [4.78, 5) is 10.9. The van der Waals surface area contributed by atoms with E-state index in [4.69, 9.17) is 16.3 Å². The Morgan fingerprint density at radius 2 is 1.95 bits per heavy atom. The van der Waals surface area contributed by atoms with Crippen molar-refractivity contribution in [1.29, 1.82) is 0 Å². The van der Waals surface area contributed by atoms with Crippen LogP contribution in [0.1, 0.15) is 5.56 Å². The summed E-state index contributed by atoms with van der Waals surface area (Å²) in [5.74, 6) is 1.33. The molecule has 0 aliphatic carbocycles. The smallest absolute Gasteiger partial charge is 0.427 e. The summed E-state index contributed by atoms with van der Waals surface area (Å²) in [7, 11) is 1.27. The molecule has 0 saturated carbocycles. The maximum Gasteiger partial charge on any atom is 0.427 e. The first-order valence-electron chi connectivity index (χ1n) is 6.08. The Labute approximate surface area is 127 Å². The second kappa shape index (κ2) is 7.31. The fourth-order valence-corrected chi connectivity index (χ4v) is 1.63. The lowest BCUT2D eigenvalue weighted by molar-refractivity contribution is 0.171. The number of nitrogens with zero attached hydrogens (tertiary/aromatic N) is 1. The zero-order valence-corrected chi connectivity index (χ0v) is 12.0. The van der Waals surface area contributed by atoms with Crippen molar-refractivity contribution < 1.29 is 14.3 Å². The minimum Gasteiger partial charge on any atom is -0.457 e. The lowest BCUT2D eigenvalue weighted by Gasteiger charge is -2.06. The molecule has 0 bridgehead atoms. The van der Waals surface area contributed by atoms with Crippen LogP contribution in [-0.4, -0.2) is 19.4 Å². The number of carbonyl (C=O) groups excluding carboxylic acids is 1. The second-order valence-corrected chi connectivity index (χ2v) is 4.43. The molecule has 0 aliphatic rings. The average Bonchev–Trinajstić information content (AvgIpc) is 2.50. The predicted molar refractivity (Wildman–Crippen MR) is 81.1 cm³/mol.